The zero-order chi connectivity index (χ0) is 10.5. The number of amides is 1. The molecule has 1 fully saturated rings. The molecule has 4 N–H and O–H groups in total. The van der Waals surface area contributed by atoms with Crippen LogP contribution in [0.4, 0.5) is 0 Å². The van der Waals surface area contributed by atoms with E-state index in [1.165, 1.54) is 0 Å². The summed E-state index contributed by atoms with van der Waals surface area (Å²) in [4.78, 5) is 11.3. The van der Waals surface area contributed by atoms with E-state index in [0.29, 0.717) is 6.42 Å². The molecule has 1 atom stereocenters. The molecule has 1 aliphatic carbocycles. The molecular weight excluding hydrogens is 164 g/mol. The predicted molar refractivity (Wildman–Crippen MR) is 52.9 cm³/mol. The Morgan fingerprint density at radius 1 is 1.46 bits per heavy atom. The van der Waals surface area contributed by atoms with Crippen molar-refractivity contribution >= 4 is 5.91 Å². The van der Waals surface area contributed by atoms with E-state index in [1.807, 2.05) is 13.8 Å². The molecule has 0 saturated heterocycles. The smallest absolute Gasteiger partial charge is 0.224 e. The molecule has 76 valence electrons. The molecule has 3 nitrogen and oxygen atoms in total. The van der Waals surface area contributed by atoms with E-state index in [2.05, 4.69) is 13.8 Å². The highest BCUT2D eigenvalue weighted by Gasteiger charge is 2.66. The Morgan fingerprint density at radius 3 is 1.92 bits per heavy atom. The summed E-state index contributed by atoms with van der Waals surface area (Å²) in [5, 5.41) is 0. The van der Waals surface area contributed by atoms with Crippen molar-refractivity contribution in [3.63, 3.8) is 0 Å². The second-order valence-electron chi connectivity index (χ2n) is 5.67. The largest absolute Gasteiger partial charge is 0.369 e. The van der Waals surface area contributed by atoms with Crippen LogP contribution in [0.25, 0.3) is 0 Å². The molecule has 13 heavy (non-hydrogen) atoms. The van der Waals surface area contributed by atoms with Gasteiger partial charge in [-0.3, -0.25) is 4.79 Å². The molecule has 0 bridgehead atoms. The highest BCUT2D eigenvalue weighted by Crippen LogP contribution is 2.66. The number of primary amides is 1. The lowest BCUT2D eigenvalue weighted by Crippen LogP contribution is -2.41. The van der Waals surface area contributed by atoms with Gasteiger partial charge in [0.1, 0.15) is 0 Å². The van der Waals surface area contributed by atoms with Crippen molar-refractivity contribution in [3.05, 3.63) is 0 Å². The van der Waals surface area contributed by atoms with Gasteiger partial charge in [0.05, 0.1) is 5.41 Å². The van der Waals surface area contributed by atoms with Crippen molar-refractivity contribution in [2.45, 2.75) is 46.1 Å². The average Bonchev–Trinajstić information content (AvgIpc) is 2.30. The van der Waals surface area contributed by atoms with Crippen LogP contribution in [0, 0.1) is 10.8 Å². The minimum absolute atomic E-state index is 0.0372. The first kappa shape index (κ1) is 10.5. The normalized spacial score (nSPS) is 31.5. The highest BCUT2D eigenvalue weighted by molar-refractivity contribution is 5.85. The molecule has 0 aromatic heterocycles. The minimum Gasteiger partial charge on any atom is -0.369 e. The fourth-order valence-electron chi connectivity index (χ4n) is 2.30. The van der Waals surface area contributed by atoms with Crippen LogP contribution in [-0.2, 0) is 4.79 Å². The summed E-state index contributed by atoms with van der Waals surface area (Å²) in [6, 6.07) is 0. The lowest BCUT2D eigenvalue weighted by atomic mass is 9.83. The zero-order valence-corrected chi connectivity index (χ0v) is 8.98. The molecule has 0 aliphatic heterocycles. The van der Waals surface area contributed by atoms with Crippen LogP contribution in [0.15, 0.2) is 0 Å². The monoisotopic (exact) mass is 184 g/mol. The van der Waals surface area contributed by atoms with Gasteiger partial charge in [-0.15, -0.1) is 0 Å². The maximum Gasteiger partial charge on any atom is 0.224 e. The summed E-state index contributed by atoms with van der Waals surface area (Å²) in [6.07, 6.45) is 1.55. The van der Waals surface area contributed by atoms with Gasteiger partial charge in [-0.2, -0.15) is 0 Å². The third-order valence-electron chi connectivity index (χ3n) is 3.14. The predicted octanol–water partition coefficient (Wildman–Crippen LogP) is 1.02. The van der Waals surface area contributed by atoms with Crippen molar-refractivity contribution in [2.24, 2.45) is 22.3 Å². The van der Waals surface area contributed by atoms with Gasteiger partial charge in [-0.25, -0.2) is 0 Å². The Bertz CT molecular complexity index is 240. The minimum atomic E-state index is -0.356. The maximum absolute atomic E-state index is 11.3. The Morgan fingerprint density at radius 2 is 1.85 bits per heavy atom. The van der Waals surface area contributed by atoms with E-state index in [4.69, 9.17) is 11.5 Å². The van der Waals surface area contributed by atoms with Gasteiger partial charge in [0.2, 0.25) is 5.91 Å². The molecule has 0 aromatic carbocycles. The Labute approximate surface area is 79.9 Å². The first-order chi connectivity index (χ1) is 5.61. The fourth-order valence-corrected chi connectivity index (χ4v) is 2.30. The molecule has 3 heteroatoms. The van der Waals surface area contributed by atoms with Crippen molar-refractivity contribution in [1.82, 2.24) is 0 Å². The summed E-state index contributed by atoms with van der Waals surface area (Å²) in [6.45, 7) is 8.02. The van der Waals surface area contributed by atoms with Crippen LogP contribution in [0.3, 0.4) is 0 Å². The summed E-state index contributed by atoms with van der Waals surface area (Å²) in [5.41, 5.74) is 10.7. The summed E-state index contributed by atoms with van der Waals surface area (Å²) < 4.78 is 0. The van der Waals surface area contributed by atoms with Crippen molar-refractivity contribution in [1.29, 1.82) is 0 Å². The van der Waals surface area contributed by atoms with Crippen LogP contribution < -0.4 is 11.5 Å². The van der Waals surface area contributed by atoms with Gasteiger partial charge in [-0.1, -0.05) is 13.8 Å². The van der Waals surface area contributed by atoms with E-state index in [1.54, 1.807) is 0 Å². The average molecular weight is 184 g/mol. The van der Waals surface area contributed by atoms with Crippen molar-refractivity contribution < 1.29 is 4.79 Å². The first-order valence-corrected chi connectivity index (χ1v) is 4.70. The Kier molecular flexibility index (Phi) is 2.00. The number of hydrogen-bond acceptors (Lipinski definition) is 2. The van der Waals surface area contributed by atoms with Crippen LogP contribution in [0.1, 0.15) is 40.5 Å². The lowest BCUT2D eigenvalue weighted by molar-refractivity contribution is -0.125. The summed E-state index contributed by atoms with van der Waals surface area (Å²) in [7, 11) is 0. The van der Waals surface area contributed by atoms with Crippen LogP contribution >= 0.6 is 0 Å². The zero-order valence-electron chi connectivity index (χ0n) is 8.98. The van der Waals surface area contributed by atoms with Gasteiger partial charge in [0.25, 0.3) is 0 Å². The van der Waals surface area contributed by atoms with Gasteiger partial charge < -0.3 is 11.5 Å². The topological polar surface area (TPSA) is 69.1 Å². The number of nitrogens with two attached hydrogens (primary N) is 2. The van der Waals surface area contributed by atoms with Gasteiger partial charge in [0, 0.05) is 5.54 Å². The third kappa shape index (κ3) is 1.70. The third-order valence-corrected chi connectivity index (χ3v) is 3.14. The highest BCUT2D eigenvalue weighted by atomic mass is 16.1. The standard InChI is InChI=1S/C10H20N2O/c1-8(2)5-10(8,7(11)13)6-9(3,4)12/h5-6,12H2,1-4H3,(H2,11,13). The number of carbonyl (C=O) groups excluding carboxylic acids is 1. The Hall–Kier alpha value is -0.570. The van der Waals surface area contributed by atoms with Crippen molar-refractivity contribution in [3.8, 4) is 0 Å². The molecule has 0 spiro atoms. The van der Waals surface area contributed by atoms with Crippen LogP contribution in [0.2, 0.25) is 0 Å². The van der Waals surface area contributed by atoms with Gasteiger partial charge in [0.15, 0.2) is 0 Å². The van der Waals surface area contributed by atoms with E-state index in [0.717, 1.165) is 6.42 Å². The van der Waals surface area contributed by atoms with Gasteiger partial charge in [-0.05, 0) is 32.1 Å². The molecule has 1 rings (SSSR count). The van der Waals surface area contributed by atoms with E-state index in [-0.39, 0.29) is 22.3 Å². The second kappa shape index (κ2) is 2.47. The fraction of sp³-hybridized carbons (Fsp3) is 0.900. The molecule has 1 aliphatic rings. The molecule has 1 saturated carbocycles. The van der Waals surface area contributed by atoms with E-state index >= 15 is 0 Å². The quantitative estimate of drug-likeness (QED) is 0.687. The van der Waals surface area contributed by atoms with Crippen molar-refractivity contribution in [2.75, 3.05) is 0 Å². The number of rotatable bonds is 3. The molecule has 0 heterocycles. The van der Waals surface area contributed by atoms with Crippen LogP contribution in [0.5, 0.6) is 0 Å². The molecule has 1 amide bonds. The number of hydrogen-bond donors (Lipinski definition) is 2. The lowest BCUT2D eigenvalue weighted by Gasteiger charge is -2.26. The summed E-state index contributed by atoms with van der Waals surface area (Å²) in [5.74, 6) is -0.198. The van der Waals surface area contributed by atoms with E-state index < -0.39 is 0 Å². The van der Waals surface area contributed by atoms with Gasteiger partial charge >= 0.3 is 0 Å². The molecule has 0 aromatic rings. The SMILES string of the molecule is CC(C)(N)CC1(C(N)=O)CC1(C)C. The first-order valence-electron chi connectivity index (χ1n) is 4.70. The molecule has 0 radical (unpaired) electrons. The van der Waals surface area contributed by atoms with Crippen LogP contribution in [-0.4, -0.2) is 11.4 Å². The molecular formula is C10H20N2O. The number of carbonyl (C=O) groups is 1. The second-order valence-corrected chi connectivity index (χ2v) is 5.67. The maximum atomic E-state index is 11.3. The summed E-state index contributed by atoms with van der Waals surface area (Å²) >= 11 is 0. The molecule has 1 unspecified atom stereocenters. The van der Waals surface area contributed by atoms with E-state index in [9.17, 15) is 4.79 Å². The Balaban J connectivity index is 2.81.